The summed E-state index contributed by atoms with van der Waals surface area (Å²) in [6.07, 6.45) is -0.426. The Labute approximate surface area is 162 Å². The summed E-state index contributed by atoms with van der Waals surface area (Å²) < 4.78 is 5.29. The van der Waals surface area contributed by atoms with Crippen molar-refractivity contribution < 1.29 is 24.0 Å². The van der Waals surface area contributed by atoms with Crippen molar-refractivity contribution in [2.24, 2.45) is 5.92 Å². The second kappa shape index (κ2) is 8.20. The molecule has 1 N–H and O–H groups in total. The molecule has 28 heavy (non-hydrogen) atoms. The van der Waals surface area contributed by atoms with Crippen LogP contribution in [0.3, 0.4) is 0 Å². The third kappa shape index (κ3) is 4.19. The maximum absolute atomic E-state index is 12.8. The van der Waals surface area contributed by atoms with Crippen LogP contribution in [0.2, 0.25) is 0 Å². The minimum atomic E-state index is -1.13. The van der Waals surface area contributed by atoms with Gasteiger partial charge in [0.2, 0.25) is 5.91 Å². The lowest BCUT2D eigenvalue weighted by Gasteiger charge is -2.37. The van der Waals surface area contributed by atoms with E-state index in [0.717, 1.165) is 4.90 Å². The molecule has 1 aromatic carbocycles. The molecule has 0 spiro atoms. The molecule has 0 fully saturated rings. The summed E-state index contributed by atoms with van der Waals surface area (Å²) in [5.41, 5.74) is 0.352. The molecule has 0 radical (unpaired) electrons. The van der Waals surface area contributed by atoms with E-state index in [2.05, 4.69) is 5.32 Å². The van der Waals surface area contributed by atoms with Gasteiger partial charge in [0.05, 0.1) is 16.6 Å². The number of nitro groups is 1. The van der Waals surface area contributed by atoms with Gasteiger partial charge in [-0.25, -0.2) is 9.59 Å². The van der Waals surface area contributed by atoms with Gasteiger partial charge in [0.1, 0.15) is 6.04 Å². The van der Waals surface area contributed by atoms with Gasteiger partial charge in [-0.05, 0) is 26.3 Å². The molecule has 1 unspecified atom stereocenters. The van der Waals surface area contributed by atoms with Crippen molar-refractivity contribution in [3.05, 3.63) is 51.2 Å². The Kier molecular flexibility index (Phi) is 6.17. The summed E-state index contributed by atoms with van der Waals surface area (Å²) in [6, 6.07) is 3.69. The number of nitro benzene ring substituents is 1. The van der Waals surface area contributed by atoms with E-state index in [-0.39, 0.29) is 22.5 Å². The molecule has 1 heterocycles. The predicted molar refractivity (Wildman–Crippen MR) is 100.0 cm³/mol. The van der Waals surface area contributed by atoms with Gasteiger partial charge in [0.15, 0.2) is 0 Å². The van der Waals surface area contributed by atoms with Crippen LogP contribution in [0.1, 0.15) is 46.2 Å². The first-order valence-electron chi connectivity index (χ1n) is 8.84. The zero-order valence-corrected chi connectivity index (χ0v) is 16.4. The lowest BCUT2D eigenvalue weighted by atomic mass is 9.92. The highest BCUT2D eigenvalue weighted by atomic mass is 16.6. The molecule has 1 atom stereocenters. The lowest BCUT2D eigenvalue weighted by molar-refractivity contribution is -0.384. The fraction of sp³-hybridized carbons (Fsp3) is 0.421. The molecule has 1 aliphatic rings. The van der Waals surface area contributed by atoms with Crippen LogP contribution in [0.15, 0.2) is 35.5 Å². The van der Waals surface area contributed by atoms with Crippen LogP contribution < -0.4 is 5.32 Å². The van der Waals surface area contributed by atoms with Crippen molar-refractivity contribution in [1.29, 1.82) is 0 Å². The van der Waals surface area contributed by atoms with Crippen LogP contribution in [-0.2, 0) is 14.3 Å². The summed E-state index contributed by atoms with van der Waals surface area (Å²) in [4.78, 5) is 49.7. The first-order valence-corrected chi connectivity index (χ1v) is 8.84. The Morgan fingerprint density at radius 1 is 1.25 bits per heavy atom. The maximum Gasteiger partial charge on any atom is 0.338 e. The van der Waals surface area contributed by atoms with Gasteiger partial charge in [0, 0.05) is 23.7 Å². The average Bonchev–Trinajstić information content (AvgIpc) is 2.59. The number of hydrogen-bond acceptors (Lipinski definition) is 6. The molecule has 9 nitrogen and oxygen atoms in total. The van der Waals surface area contributed by atoms with Gasteiger partial charge in [0.25, 0.3) is 5.69 Å². The van der Waals surface area contributed by atoms with E-state index in [4.69, 9.17) is 4.74 Å². The van der Waals surface area contributed by atoms with Gasteiger partial charge in [-0.1, -0.05) is 26.0 Å². The zero-order chi connectivity index (χ0) is 21.2. The smallest absolute Gasteiger partial charge is 0.338 e. The van der Waals surface area contributed by atoms with E-state index in [1.165, 1.54) is 31.2 Å². The number of imide groups is 1. The van der Waals surface area contributed by atoms with Crippen molar-refractivity contribution in [3.8, 4) is 0 Å². The second-order valence-electron chi connectivity index (χ2n) is 7.04. The molecule has 9 heteroatoms. The normalized spacial score (nSPS) is 17.0. The number of rotatable bonds is 5. The standard InChI is InChI=1S/C19H23N3O6/c1-10(2)17(23)21-16(13-7-6-8-14(9-13)22(26)27)15(12(5)20-19(21)25)18(24)28-11(3)4/h6-11,16H,1-5H3,(H,20,25). The summed E-state index contributed by atoms with van der Waals surface area (Å²) in [7, 11) is 0. The Balaban J connectivity index is 2.70. The van der Waals surface area contributed by atoms with Crippen LogP contribution >= 0.6 is 0 Å². The van der Waals surface area contributed by atoms with E-state index < -0.39 is 40.9 Å². The molecular formula is C19H23N3O6. The highest BCUT2D eigenvalue weighted by Gasteiger charge is 2.43. The van der Waals surface area contributed by atoms with Gasteiger partial charge in [-0.2, -0.15) is 0 Å². The Morgan fingerprint density at radius 3 is 2.43 bits per heavy atom. The minimum Gasteiger partial charge on any atom is -0.459 e. The van der Waals surface area contributed by atoms with Gasteiger partial charge in [-0.3, -0.25) is 19.8 Å². The number of esters is 1. The fourth-order valence-electron chi connectivity index (χ4n) is 2.91. The summed E-state index contributed by atoms with van der Waals surface area (Å²) >= 11 is 0. The van der Waals surface area contributed by atoms with Crippen molar-refractivity contribution >= 4 is 23.6 Å². The first-order chi connectivity index (χ1) is 13.0. The molecule has 1 aromatic rings. The minimum absolute atomic E-state index is 0.0581. The van der Waals surface area contributed by atoms with E-state index in [9.17, 15) is 24.5 Å². The van der Waals surface area contributed by atoms with E-state index in [1.807, 2.05) is 0 Å². The van der Waals surface area contributed by atoms with Crippen LogP contribution in [-0.4, -0.2) is 33.8 Å². The second-order valence-corrected chi connectivity index (χ2v) is 7.04. The third-order valence-electron chi connectivity index (χ3n) is 4.14. The van der Waals surface area contributed by atoms with Crippen molar-refractivity contribution in [1.82, 2.24) is 10.2 Å². The van der Waals surface area contributed by atoms with Crippen molar-refractivity contribution in [2.75, 3.05) is 0 Å². The van der Waals surface area contributed by atoms with E-state index in [1.54, 1.807) is 27.7 Å². The number of carbonyl (C=O) groups excluding carboxylic acids is 3. The number of hydrogen-bond donors (Lipinski definition) is 1. The number of amides is 3. The van der Waals surface area contributed by atoms with Gasteiger partial charge >= 0.3 is 12.0 Å². The van der Waals surface area contributed by atoms with Crippen LogP contribution in [0.4, 0.5) is 10.5 Å². The maximum atomic E-state index is 12.8. The number of nitrogens with one attached hydrogen (secondary N) is 1. The van der Waals surface area contributed by atoms with E-state index >= 15 is 0 Å². The Hall–Kier alpha value is -3.23. The monoisotopic (exact) mass is 389 g/mol. The Bertz CT molecular complexity index is 859. The molecule has 1 aliphatic heterocycles. The molecule has 0 aliphatic carbocycles. The number of allylic oxidation sites excluding steroid dienone is 1. The quantitative estimate of drug-likeness (QED) is 0.470. The molecule has 0 aromatic heterocycles. The molecule has 3 amide bonds. The SMILES string of the molecule is CC1=C(C(=O)OC(C)C)C(c2cccc([N+](=O)[O-])c2)N(C(=O)C(C)C)C(=O)N1. The number of benzene rings is 1. The topological polar surface area (TPSA) is 119 Å². The molecule has 150 valence electrons. The van der Waals surface area contributed by atoms with Gasteiger partial charge < -0.3 is 10.1 Å². The van der Waals surface area contributed by atoms with Crippen LogP contribution in [0, 0.1) is 16.0 Å². The molecule has 0 saturated carbocycles. The fourth-order valence-corrected chi connectivity index (χ4v) is 2.91. The largest absolute Gasteiger partial charge is 0.459 e. The zero-order valence-electron chi connectivity index (χ0n) is 16.4. The van der Waals surface area contributed by atoms with Crippen molar-refractivity contribution in [3.63, 3.8) is 0 Å². The molecule has 0 saturated heterocycles. The summed E-state index contributed by atoms with van der Waals surface area (Å²) in [5.74, 6) is -1.75. The number of ether oxygens (including phenoxy) is 1. The summed E-state index contributed by atoms with van der Waals surface area (Å²) in [5, 5.41) is 13.7. The van der Waals surface area contributed by atoms with E-state index in [0.29, 0.717) is 0 Å². The highest BCUT2D eigenvalue weighted by Crippen LogP contribution is 2.36. The lowest BCUT2D eigenvalue weighted by Crippen LogP contribution is -2.52. The molecule has 0 bridgehead atoms. The molecule has 2 rings (SSSR count). The number of non-ortho nitro benzene ring substituents is 1. The highest BCUT2D eigenvalue weighted by molar-refractivity contribution is 6.02. The van der Waals surface area contributed by atoms with Crippen LogP contribution in [0.5, 0.6) is 0 Å². The third-order valence-corrected chi connectivity index (χ3v) is 4.14. The average molecular weight is 389 g/mol. The van der Waals surface area contributed by atoms with Crippen LogP contribution in [0.25, 0.3) is 0 Å². The number of urea groups is 1. The number of carbonyl (C=O) groups is 3. The van der Waals surface area contributed by atoms with Gasteiger partial charge in [-0.15, -0.1) is 0 Å². The summed E-state index contributed by atoms with van der Waals surface area (Å²) in [6.45, 7) is 8.12. The number of nitrogens with zero attached hydrogens (tertiary/aromatic N) is 2. The predicted octanol–water partition coefficient (Wildman–Crippen LogP) is 3.07. The Morgan fingerprint density at radius 2 is 1.89 bits per heavy atom. The van der Waals surface area contributed by atoms with Crippen molar-refractivity contribution in [2.45, 2.75) is 46.8 Å². The first kappa shape index (κ1) is 21.1. The molecular weight excluding hydrogens is 366 g/mol.